The summed E-state index contributed by atoms with van der Waals surface area (Å²) in [4.78, 5) is 12.2. The summed E-state index contributed by atoms with van der Waals surface area (Å²) in [6.07, 6.45) is 0. The first-order valence-corrected chi connectivity index (χ1v) is 8.88. The molecule has 3 aromatic rings. The van der Waals surface area contributed by atoms with Crippen LogP contribution in [0.15, 0.2) is 59.6 Å². The van der Waals surface area contributed by atoms with Crippen molar-refractivity contribution in [1.82, 2.24) is 10.2 Å². The van der Waals surface area contributed by atoms with Crippen LogP contribution in [0.3, 0.4) is 0 Å². The first-order valence-electron chi connectivity index (χ1n) is 7.90. The highest BCUT2D eigenvalue weighted by Crippen LogP contribution is 2.23. The van der Waals surface area contributed by atoms with Crippen molar-refractivity contribution < 1.29 is 13.6 Å². The summed E-state index contributed by atoms with van der Waals surface area (Å²) in [6, 6.07) is 13.4. The van der Waals surface area contributed by atoms with E-state index in [0.29, 0.717) is 11.4 Å². The zero-order valence-corrected chi connectivity index (χ0v) is 14.7. The number of carbonyl (C=O) groups excluding carboxylic acids is 1. The summed E-state index contributed by atoms with van der Waals surface area (Å²) in [5.74, 6) is -1.27. The average molecular weight is 371 g/mol. The van der Waals surface area contributed by atoms with Gasteiger partial charge in [0.25, 0.3) is 5.91 Å². The standard InChI is InChI=1S/C19H15F2N3OS/c1-2-26-18-9-8-17(23-24-18)12-4-3-5-14(10-12)22-19(25)15-11-13(20)6-7-16(15)21/h3-11H,2H2,1H3,(H,22,25). The van der Waals surface area contributed by atoms with Gasteiger partial charge in [-0.25, -0.2) is 8.78 Å². The third-order valence-corrected chi connectivity index (χ3v) is 4.32. The molecule has 1 N–H and O–H groups in total. The zero-order chi connectivity index (χ0) is 18.5. The van der Waals surface area contributed by atoms with Crippen LogP contribution in [-0.4, -0.2) is 21.9 Å². The lowest BCUT2D eigenvalue weighted by molar-refractivity contribution is 0.102. The maximum Gasteiger partial charge on any atom is 0.258 e. The van der Waals surface area contributed by atoms with E-state index in [1.165, 1.54) is 0 Å². The second-order valence-electron chi connectivity index (χ2n) is 5.35. The molecule has 0 atom stereocenters. The van der Waals surface area contributed by atoms with Gasteiger partial charge in [0.15, 0.2) is 0 Å². The number of benzene rings is 2. The number of nitrogens with one attached hydrogen (secondary N) is 1. The van der Waals surface area contributed by atoms with Crippen molar-refractivity contribution in [2.75, 3.05) is 11.1 Å². The Morgan fingerprint density at radius 1 is 1.08 bits per heavy atom. The molecule has 0 aliphatic carbocycles. The van der Waals surface area contributed by atoms with E-state index in [0.717, 1.165) is 34.5 Å². The van der Waals surface area contributed by atoms with Gasteiger partial charge >= 0.3 is 0 Å². The smallest absolute Gasteiger partial charge is 0.258 e. The molecule has 0 saturated carbocycles. The van der Waals surface area contributed by atoms with Gasteiger partial charge in [0.05, 0.1) is 11.3 Å². The van der Waals surface area contributed by atoms with E-state index in [1.807, 2.05) is 25.1 Å². The number of halogens is 2. The molecule has 1 aromatic heterocycles. The average Bonchev–Trinajstić information content (AvgIpc) is 2.65. The molecule has 7 heteroatoms. The van der Waals surface area contributed by atoms with E-state index in [-0.39, 0.29) is 5.56 Å². The molecule has 26 heavy (non-hydrogen) atoms. The molecular weight excluding hydrogens is 356 g/mol. The fourth-order valence-corrected chi connectivity index (χ4v) is 2.88. The van der Waals surface area contributed by atoms with Gasteiger partial charge in [-0.1, -0.05) is 19.1 Å². The molecule has 0 radical (unpaired) electrons. The Kier molecular flexibility index (Phi) is 5.58. The molecule has 0 unspecified atom stereocenters. The number of hydrogen-bond acceptors (Lipinski definition) is 4. The normalized spacial score (nSPS) is 10.6. The van der Waals surface area contributed by atoms with Crippen LogP contribution in [-0.2, 0) is 0 Å². The summed E-state index contributed by atoms with van der Waals surface area (Å²) in [5, 5.41) is 11.7. The molecule has 0 bridgehead atoms. The largest absolute Gasteiger partial charge is 0.322 e. The Hall–Kier alpha value is -2.80. The van der Waals surface area contributed by atoms with Crippen LogP contribution in [0, 0.1) is 11.6 Å². The highest BCUT2D eigenvalue weighted by molar-refractivity contribution is 7.99. The van der Waals surface area contributed by atoms with E-state index in [1.54, 1.807) is 30.0 Å². The number of amides is 1. The monoisotopic (exact) mass is 371 g/mol. The lowest BCUT2D eigenvalue weighted by Crippen LogP contribution is -2.14. The van der Waals surface area contributed by atoms with Crippen molar-refractivity contribution in [3.8, 4) is 11.3 Å². The SMILES string of the molecule is CCSc1ccc(-c2cccc(NC(=O)c3cc(F)ccc3F)c2)nn1. The molecule has 1 amide bonds. The third-order valence-electron chi connectivity index (χ3n) is 3.52. The topological polar surface area (TPSA) is 54.9 Å². The molecule has 2 aromatic carbocycles. The highest BCUT2D eigenvalue weighted by Gasteiger charge is 2.13. The van der Waals surface area contributed by atoms with Crippen LogP contribution in [0.1, 0.15) is 17.3 Å². The molecule has 0 fully saturated rings. The summed E-state index contributed by atoms with van der Waals surface area (Å²) in [7, 11) is 0. The first-order chi connectivity index (χ1) is 12.6. The fourth-order valence-electron chi connectivity index (χ4n) is 2.33. The van der Waals surface area contributed by atoms with Crippen molar-refractivity contribution in [2.45, 2.75) is 11.9 Å². The Bertz CT molecular complexity index is 932. The van der Waals surface area contributed by atoms with E-state index in [2.05, 4.69) is 15.5 Å². The van der Waals surface area contributed by atoms with E-state index in [9.17, 15) is 13.6 Å². The molecule has 0 aliphatic heterocycles. The van der Waals surface area contributed by atoms with Crippen LogP contribution in [0.2, 0.25) is 0 Å². The molecule has 0 aliphatic rings. The van der Waals surface area contributed by atoms with Crippen molar-refractivity contribution in [1.29, 1.82) is 0 Å². The molecule has 0 spiro atoms. The Morgan fingerprint density at radius 2 is 1.92 bits per heavy atom. The van der Waals surface area contributed by atoms with Gasteiger partial charge < -0.3 is 5.32 Å². The summed E-state index contributed by atoms with van der Waals surface area (Å²) < 4.78 is 27.0. The lowest BCUT2D eigenvalue weighted by Gasteiger charge is -2.08. The second-order valence-corrected chi connectivity index (χ2v) is 6.63. The number of thioether (sulfide) groups is 1. The zero-order valence-electron chi connectivity index (χ0n) is 13.9. The summed E-state index contributed by atoms with van der Waals surface area (Å²) in [6.45, 7) is 2.04. The lowest BCUT2D eigenvalue weighted by atomic mass is 10.1. The van der Waals surface area contributed by atoms with Gasteiger partial charge in [-0.2, -0.15) is 0 Å². The predicted molar refractivity (Wildman–Crippen MR) is 98.2 cm³/mol. The summed E-state index contributed by atoms with van der Waals surface area (Å²) >= 11 is 1.59. The number of hydrogen-bond donors (Lipinski definition) is 1. The number of aromatic nitrogens is 2. The maximum atomic E-state index is 13.7. The first kappa shape index (κ1) is 18.0. The number of anilines is 1. The Morgan fingerprint density at radius 3 is 2.65 bits per heavy atom. The van der Waals surface area contributed by atoms with E-state index in [4.69, 9.17) is 0 Å². The quantitative estimate of drug-likeness (QED) is 0.656. The van der Waals surface area contributed by atoms with Crippen LogP contribution in [0.25, 0.3) is 11.3 Å². The Balaban J connectivity index is 1.81. The van der Waals surface area contributed by atoms with Crippen LogP contribution >= 0.6 is 11.8 Å². The van der Waals surface area contributed by atoms with Crippen LogP contribution in [0.4, 0.5) is 14.5 Å². The van der Waals surface area contributed by atoms with Crippen molar-refractivity contribution >= 4 is 23.4 Å². The molecule has 3 rings (SSSR count). The van der Waals surface area contributed by atoms with Gasteiger partial charge in [-0.05, 0) is 48.2 Å². The number of nitrogens with zero attached hydrogens (tertiary/aromatic N) is 2. The van der Waals surface area contributed by atoms with Gasteiger partial charge in [0.2, 0.25) is 0 Å². The minimum atomic E-state index is -0.782. The van der Waals surface area contributed by atoms with Crippen molar-refractivity contribution in [3.05, 3.63) is 71.8 Å². The minimum absolute atomic E-state index is 0.351. The van der Waals surface area contributed by atoms with Crippen molar-refractivity contribution in [3.63, 3.8) is 0 Å². The van der Waals surface area contributed by atoms with Crippen molar-refractivity contribution in [2.24, 2.45) is 0 Å². The maximum absolute atomic E-state index is 13.7. The van der Waals surface area contributed by atoms with Gasteiger partial charge in [-0.3, -0.25) is 4.79 Å². The highest BCUT2D eigenvalue weighted by atomic mass is 32.2. The molecule has 4 nitrogen and oxygen atoms in total. The third kappa shape index (κ3) is 4.23. The van der Waals surface area contributed by atoms with E-state index < -0.39 is 17.5 Å². The van der Waals surface area contributed by atoms with Gasteiger partial charge in [0.1, 0.15) is 16.7 Å². The van der Waals surface area contributed by atoms with Gasteiger partial charge in [0, 0.05) is 11.3 Å². The molecule has 0 saturated heterocycles. The second kappa shape index (κ2) is 8.05. The Labute approximate surface area is 153 Å². The summed E-state index contributed by atoms with van der Waals surface area (Å²) in [5.41, 5.74) is 1.50. The fraction of sp³-hybridized carbons (Fsp3) is 0.105. The van der Waals surface area contributed by atoms with Gasteiger partial charge in [-0.15, -0.1) is 22.0 Å². The van der Waals surface area contributed by atoms with E-state index >= 15 is 0 Å². The number of rotatable bonds is 5. The predicted octanol–water partition coefficient (Wildman–Crippen LogP) is 4.79. The molecule has 1 heterocycles. The van der Waals surface area contributed by atoms with Crippen LogP contribution in [0.5, 0.6) is 0 Å². The number of carbonyl (C=O) groups is 1. The van der Waals surface area contributed by atoms with Crippen LogP contribution < -0.4 is 5.32 Å². The molecule has 132 valence electrons. The minimum Gasteiger partial charge on any atom is -0.322 e. The molecular formula is C19H15F2N3OS.